The Bertz CT molecular complexity index is 1080. The number of para-hydroxylation sites is 1. The molecule has 0 heterocycles. The van der Waals surface area contributed by atoms with Crippen molar-refractivity contribution < 1.29 is 26.5 Å². The Labute approximate surface area is 162 Å². The molecule has 0 saturated heterocycles. The van der Waals surface area contributed by atoms with Crippen molar-refractivity contribution in [2.75, 3.05) is 31.8 Å². The Balaban J connectivity index is 2.08. The van der Waals surface area contributed by atoms with Crippen molar-refractivity contribution in [3.63, 3.8) is 0 Å². The van der Waals surface area contributed by atoms with E-state index >= 15 is 0 Å². The molecule has 0 radical (unpaired) electrons. The van der Waals surface area contributed by atoms with Gasteiger partial charge in [-0.1, -0.05) is 12.1 Å². The summed E-state index contributed by atoms with van der Waals surface area (Å²) in [6, 6.07) is 9.56. The molecule has 2 aromatic carbocycles. The lowest BCUT2D eigenvalue weighted by Crippen LogP contribution is -2.29. The zero-order valence-corrected chi connectivity index (χ0v) is 16.7. The third kappa shape index (κ3) is 5.18. The predicted octanol–water partition coefficient (Wildman–Crippen LogP) is 1.40. The molecular formula is C16H19N3O7S2. The molecule has 0 aromatic heterocycles. The maximum atomic E-state index is 12.4. The highest BCUT2D eigenvalue weighted by molar-refractivity contribution is 7.90. The van der Waals surface area contributed by atoms with Crippen LogP contribution in [0.25, 0.3) is 0 Å². The lowest BCUT2D eigenvalue weighted by molar-refractivity contribution is -0.384. The van der Waals surface area contributed by atoms with Crippen LogP contribution in [0.2, 0.25) is 0 Å². The quantitative estimate of drug-likeness (QED) is 0.346. The summed E-state index contributed by atoms with van der Waals surface area (Å²) in [6.07, 6.45) is 0.950. The lowest BCUT2D eigenvalue weighted by Gasteiger charge is -2.11. The van der Waals surface area contributed by atoms with Gasteiger partial charge in [-0.25, -0.2) is 21.6 Å². The first-order chi connectivity index (χ1) is 13.1. The molecule has 0 aliphatic carbocycles. The molecule has 0 atom stereocenters. The number of nitro benzene ring substituents is 1. The smallest absolute Gasteiger partial charge is 0.293 e. The number of ether oxygens (including phenoxy) is 1. The molecule has 28 heavy (non-hydrogen) atoms. The van der Waals surface area contributed by atoms with E-state index in [-0.39, 0.29) is 34.3 Å². The number of hydrogen-bond acceptors (Lipinski definition) is 8. The van der Waals surface area contributed by atoms with E-state index in [0.717, 1.165) is 12.3 Å². The first-order valence-corrected chi connectivity index (χ1v) is 11.3. The topological polar surface area (TPSA) is 145 Å². The van der Waals surface area contributed by atoms with Crippen LogP contribution in [-0.2, 0) is 19.9 Å². The molecule has 0 bridgehead atoms. The lowest BCUT2D eigenvalue weighted by atomic mass is 10.2. The normalized spacial score (nSPS) is 11.8. The van der Waals surface area contributed by atoms with Gasteiger partial charge in [-0.2, -0.15) is 0 Å². The number of nitrogens with one attached hydrogen (secondary N) is 2. The van der Waals surface area contributed by atoms with E-state index in [2.05, 4.69) is 10.0 Å². The van der Waals surface area contributed by atoms with Crippen LogP contribution in [0.5, 0.6) is 5.75 Å². The number of hydrogen-bond donors (Lipinski definition) is 2. The van der Waals surface area contributed by atoms with Crippen LogP contribution in [0, 0.1) is 10.1 Å². The zero-order chi connectivity index (χ0) is 20.9. The van der Waals surface area contributed by atoms with Crippen molar-refractivity contribution in [1.82, 2.24) is 4.72 Å². The Morgan fingerprint density at radius 2 is 1.75 bits per heavy atom. The summed E-state index contributed by atoms with van der Waals surface area (Å²) in [5.41, 5.74) is -0.343. The summed E-state index contributed by atoms with van der Waals surface area (Å²) in [4.78, 5) is 10.3. The molecule has 0 aliphatic heterocycles. The first kappa shape index (κ1) is 21.6. The minimum absolute atomic E-state index is 0.0269. The molecule has 152 valence electrons. The third-order valence-electron chi connectivity index (χ3n) is 3.69. The average Bonchev–Trinajstić information content (AvgIpc) is 2.64. The molecule has 2 aromatic rings. The Hall–Kier alpha value is -2.70. The highest BCUT2D eigenvalue weighted by Gasteiger charge is 2.20. The Kier molecular flexibility index (Phi) is 6.59. The monoisotopic (exact) mass is 429 g/mol. The van der Waals surface area contributed by atoms with Crippen LogP contribution in [0.15, 0.2) is 52.3 Å². The SMILES string of the molecule is COc1ccccc1S(=O)(=O)NCCNc1ccc(S(C)(=O)=O)cc1[N+](=O)[O-]. The number of rotatable bonds is 9. The van der Waals surface area contributed by atoms with Gasteiger partial charge in [0, 0.05) is 25.4 Å². The van der Waals surface area contributed by atoms with Gasteiger partial charge in [0.05, 0.1) is 16.9 Å². The molecule has 0 fully saturated rings. The third-order valence-corrected chi connectivity index (χ3v) is 6.30. The fourth-order valence-corrected chi connectivity index (χ4v) is 4.18. The van der Waals surface area contributed by atoms with Crippen molar-refractivity contribution in [2.45, 2.75) is 9.79 Å². The summed E-state index contributed by atoms with van der Waals surface area (Å²) in [5.74, 6) is 0.190. The van der Waals surface area contributed by atoms with Crippen molar-refractivity contribution >= 4 is 31.2 Å². The molecule has 0 unspecified atom stereocenters. The van der Waals surface area contributed by atoms with Crippen LogP contribution in [-0.4, -0.2) is 48.2 Å². The minimum Gasteiger partial charge on any atom is -0.495 e. The molecule has 0 amide bonds. The van der Waals surface area contributed by atoms with E-state index in [1.54, 1.807) is 12.1 Å². The molecule has 0 saturated carbocycles. The number of nitrogens with zero attached hydrogens (tertiary/aromatic N) is 1. The van der Waals surface area contributed by atoms with Gasteiger partial charge in [0.2, 0.25) is 10.0 Å². The number of nitro groups is 1. The number of sulfone groups is 1. The first-order valence-electron chi connectivity index (χ1n) is 7.91. The fraction of sp³-hybridized carbons (Fsp3) is 0.250. The molecular weight excluding hydrogens is 410 g/mol. The highest BCUT2D eigenvalue weighted by Crippen LogP contribution is 2.27. The second-order valence-electron chi connectivity index (χ2n) is 5.68. The van der Waals surface area contributed by atoms with E-state index in [1.807, 2.05) is 0 Å². The van der Waals surface area contributed by atoms with E-state index in [4.69, 9.17) is 4.74 Å². The van der Waals surface area contributed by atoms with Gasteiger partial charge in [-0.3, -0.25) is 10.1 Å². The maximum Gasteiger partial charge on any atom is 0.293 e. The summed E-state index contributed by atoms with van der Waals surface area (Å²) in [6.45, 7) is -0.0290. The van der Waals surface area contributed by atoms with E-state index in [0.29, 0.717) is 0 Å². The predicted molar refractivity (Wildman–Crippen MR) is 103 cm³/mol. The summed E-state index contributed by atoms with van der Waals surface area (Å²) in [5, 5.41) is 13.9. The fourth-order valence-electron chi connectivity index (χ4n) is 2.34. The largest absolute Gasteiger partial charge is 0.495 e. The maximum absolute atomic E-state index is 12.4. The Morgan fingerprint density at radius 1 is 1.07 bits per heavy atom. The van der Waals surface area contributed by atoms with Gasteiger partial charge in [0.15, 0.2) is 9.84 Å². The van der Waals surface area contributed by atoms with E-state index in [9.17, 15) is 26.9 Å². The van der Waals surface area contributed by atoms with Gasteiger partial charge in [0.1, 0.15) is 16.3 Å². The standard InChI is InChI=1S/C16H19N3O7S2/c1-26-15-5-3-4-6-16(15)28(24,25)18-10-9-17-13-8-7-12(27(2,22)23)11-14(13)19(20)21/h3-8,11,17-18H,9-10H2,1-2H3. The van der Waals surface area contributed by atoms with Gasteiger partial charge in [0.25, 0.3) is 5.69 Å². The van der Waals surface area contributed by atoms with Crippen LogP contribution < -0.4 is 14.8 Å². The number of anilines is 1. The summed E-state index contributed by atoms with van der Waals surface area (Å²) in [7, 11) is -6.07. The van der Waals surface area contributed by atoms with Crippen LogP contribution in [0.4, 0.5) is 11.4 Å². The molecule has 2 N–H and O–H groups in total. The average molecular weight is 429 g/mol. The second-order valence-corrected chi connectivity index (χ2v) is 9.43. The second kappa shape index (κ2) is 8.54. The number of methoxy groups -OCH3 is 1. The van der Waals surface area contributed by atoms with Gasteiger partial charge in [-0.15, -0.1) is 0 Å². The summed E-state index contributed by atoms with van der Waals surface area (Å²) >= 11 is 0. The summed E-state index contributed by atoms with van der Waals surface area (Å²) < 4.78 is 55.2. The molecule has 2 rings (SSSR count). The number of sulfonamides is 1. The molecule has 0 spiro atoms. The van der Waals surface area contributed by atoms with Crippen molar-refractivity contribution in [1.29, 1.82) is 0 Å². The Morgan fingerprint density at radius 3 is 2.36 bits per heavy atom. The van der Waals surface area contributed by atoms with Crippen molar-refractivity contribution in [3.05, 3.63) is 52.6 Å². The van der Waals surface area contributed by atoms with Gasteiger partial charge >= 0.3 is 0 Å². The molecule has 0 aliphatic rings. The van der Waals surface area contributed by atoms with E-state index < -0.39 is 30.5 Å². The van der Waals surface area contributed by atoms with Crippen LogP contribution in [0.3, 0.4) is 0 Å². The number of benzene rings is 2. The zero-order valence-electron chi connectivity index (χ0n) is 15.1. The van der Waals surface area contributed by atoms with Crippen LogP contribution in [0.1, 0.15) is 0 Å². The van der Waals surface area contributed by atoms with E-state index in [1.165, 1.54) is 31.4 Å². The van der Waals surface area contributed by atoms with Crippen molar-refractivity contribution in [3.8, 4) is 5.75 Å². The van der Waals surface area contributed by atoms with Crippen molar-refractivity contribution in [2.24, 2.45) is 0 Å². The highest BCUT2D eigenvalue weighted by atomic mass is 32.2. The molecule has 10 nitrogen and oxygen atoms in total. The molecule has 12 heteroatoms. The van der Waals surface area contributed by atoms with Gasteiger partial charge in [-0.05, 0) is 24.3 Å². The minimum atomic E-state index is -3.84. The van der Waals surface area contributed by atoms with Crippen LogP contribution >= 0.6 is 0 Å². The van der Waals surface area contributed by atoms with Gasteiger partial charge < -0.3 is 10.1 Å².